The number of fused-ring (bicyclic) bond motifs is 1. The molecule has 1 N–H and O–H groups in total. The maximum absolute atomic E-state index is 12.3. The SMILES string of the molecule is CCOC(=O)c1cnc2cc(OC)ccc2c1N1CCNCC1. The number of nitrogens with one attached hydrogen (secondary N) is 1. The summed E-state index contributed by atoms with van der Waals surface area (Å²) in [6.07, 6.45) is 1.61. The van der Waals surface area contributed by atoms with Gasteiger partial charge in [-0.25, -0.2) is 4.79 Å². The van der Waals surface area contributed by atoms with Crippen LogP contribution in [-0.4, -0.2) is 50.8 Å². The molecule has 1 aliphatic rings. The van der Waals surface area contributed by atoms with E-state index in [2.05, 4.69) is 15.2 Å². The summed E-state index contributed by atoms with van der Waals surface area (Å²) in [5.74, 6) is 0.423. The van der Waals surface area contributed by atoms with Gasteiger partial charge in [0.25, 0.3) is 0 Å². The largest absolute Gasteiger partial charge is 0.497 e. The smallest absolute Gasteiger partial charge is 0.341 e. The third-order valence-corrected chi connectivity index (χ3v) is 3.98. The number of esters is 1. The summed E-state index contributed by atoms with van der Waals surface area (Å²) in [6, 6.07) is 5.74. The highest BCUT2D eigenvalue weighted by atomic mass is 16.5. The molecule has 23 heavy (non-hydrogen) atoms. The van der Waals surface area contributed by atoms with Crippen molar-refractivity contribution in [2.45, 2.75) is 6.92 Å². The van der Waals surface area contributed by atoms with Gasteiger partial charge in [-0.05, 0) is 19.1 Å². The fourth-order valence-corrected chi connectivity index (χ4v) is 2.87. The molecule has 6 nitrogen and oxygen atoms in total. The predicted molar refractivity (Wildman–Crippen MR) is 89.3 cm³/mol. The van der Waals surface area contributed by atoms with E-state index < -0.39 is 0 Å². The van der Waals surface area contributed by atoms with E-state index in [9.17, 15) is 4.79 Å². The van der Waals surface area contributed by atoms with Crippen molar-refractivity contribution in [2.75, 3.05) is 44.8 Å². The van der Waals surface area contributed by atoms with Crippen LogP contribution in [0.4, 0.5) is 5.69 Å². The van der Waals surface area contributed by atoms with Gasteiger partial charge in [0.15, 0.2) is 0 Å². The van der Waals surface area contributed by atoms with E-state index >= 15 is 0 Å². The molecule has 3 rings (SSSR count). The van der Waals surface area contributed by atoms with E-state index in [0.29, 0.717) is 12.2 Å². The Labute approximate surface area is 135 Å². The van der Waals surface area contributed by atoms with Crippen molar-refractivity contribution < 1.29 is 14.3 Å². The Kier molecular flexibility index (Phi) is 4.62. The van der Waals surface area contributed by atoms with Crippen LogP contribution in [-0.2, 0) is 4.74 Å². The van der Waals surface area contributed by atoms with Crippen LogP contribution in [0.15, 0.2) is 24.4 Å². The summed E-state index contributed by atoms with van der Waals surface area (Å²) >= 11 is 0. The number of hydrogen-bond acceptors (Lipinski definition) is 6. The molecule has 122 valence electrons. The molecule has 0 atom stereocenters. The second kappa shape index (κ2) is 6.83. The maximum Gasteiger partial charge on any atom is 0.341 e. The molecular weight excluding hydrogens is 294 g/mol. The van der Waals surface area contributed by atoms with Crippen LogP contribution >= 0.6 is 0 Å². The van der Waals surface area contributed by atoms with Crippen LogP contribution < -0.4 is 15.0 Å². The summed E-state index contributed by atoms with van der Waals surface area (Å²) in [6.45, 7) is 5.63. The Hall–Kier alpha value is -2.34. The summed E-state index contributed by atoms with van der Waals surface area (Å²) in [5, 5.41) is 4.27. The van der Waals surface area contributed by atoms with Crippen molar-refractivity contribution in [3.8, 4) is 5.75 Å². The van der Waals surface area contributed by atoms with Gasteiger partial charge in [0, 0.05) is 43.8 Å². The highest BCUT2D eigenvalue weighted by molar-refractivity contribution is 6.05. The number of anilines is 1. The van der Waals surface area contributed by atoms with Crippen molar-refractivity contribution in [1.29, 1.82) is 0 Å². The summed E-state index contributed by atoms with van der Waals surface area (Å²) in [4.78, 5) is 19.0. The van der Waals surface area contributed by atoms with Crippen molar-refractivity contribution in [1.82, 2.24) is 10.3 Å². The zero-order chi connectivity index (χ0) is 16.2. The Morgan fingerprint density at radius 3 is 2.83 bits per heavy atom. The molecule has 1 saturated heterocycles. The fraction of sp³-hybridized carbons (Fsp3) is 0.412. The molecule has 1 aliphatic heterocycles. The maximum atomic E-state index is 12.3. The van der Waals surface area contributed by atoms with Gasteiger partial charge in [0.05, 0.1) is 24.9 Å². The van der Waals surface area contributed by atoms with E-state index in [1.165, 1.54) is 0 Å². The van der Waals surface area contributed by atoms with E-state index in [1.54, 1.807) is 13.3 Å². The lowest BCUT2D eigenvalue weighted by Crippen LogP contribution is -2.44. The molecule has 0 saturated carbocycles. The van der Waals surface area contributed by atoms with Crippen LogP contribution in [0, 0.1) is 0 Å². The Morgan fingerprint density at radius 1 is 1.35 bits per heavy atom. The number of pyridine rings is 1. The highest BCUT2D eigenvalue weighted by Crippen LogP contribution is 2.32. The molecule has 0 radical (unpaired) electrons. The fourth-order valence-electron chi connectivity index (χ4n) is 2.87. The van der Waals surface area contributed by atoms with Crippen LogP contribution in [0.25, 0.3) is 10.9 Å². The molecule has 0 unspecified atom stereocenters. The Bertz CT molecular complexity index is 712. The average Bonchev–Trinajstić information content (AvgIpc) is 2.61. The zero-order valence-corrected chi connectivity index (χ0v) is 13.5. The number of ether oxygens (including phenoxy) is 2. The van der Waals surface area contributed by atoms with Gasteiger partial charge in [0.1, 0.15) is 11.3 Å². The minimum atomic E-state index is -0.328. The van der Waals surface area contributed by atoms with Gasteiger partial charge in [-0.15, -0.1) is 0 Å². The number of nitrogens with zero attached hydrogens (tertiary/aromatic N) is 2. The minimum absolute atomic E-state index is 0.328. The first-order valence-corrected chi connectivity index (χ1v) is 7.84. The molecule has 6 heteroatoms. The summed E-state index contributed by atoms with van der Waals surface area (Å²) in [7, 11) is 1.63. The van der Waals surface area contributed by atoms with Crippen molar-refractivity contribution >= 4 is 22.6 Å². The summed E-state index contributed by atoms with van der Waals surface area (Å²) in [5.41, 5.74) is 2.23. The van der Waals surface area contributed by atoms with Gasteiger partial charge in [-0.3, -0.25) is 4.98 Å². The Morgan fingerprint density at radius 2 is 2.13 bits per heavy atom. The van der Waals surface area contributed by atoms with Crippen molar-refractivity contribution in [3.05, 3.63) is 30.0 Å². The molecule has 1 fully saturated rings. The predicted octanol–water partition coefficient (Wildman–Crippen LogP) is 1.83. The monoisotopic (exact) mass is 315 g/mol. The van der Waals surface area contributed by atoms with Crippen LogP contribution in [0.5, 0.6) is 5.75 Å². The third kappa shape index (κ3) is 3.07. The molecule has 1 aromatic heterocycles. The van der Waals surface area contributed by atoms with E-state index in [4.69, 9.17) is 9.47 Å². The first-order valence-electron chi connectivity index (χ1n) is 7.84. The van der Waals surface area contributed by atoms with Gasteiger partial charge < -0.3 is 19.7 Å². The molecule has 0 amide bonds. The number of rotatable bonds is 4. The quantitative estimate of drug-likeness (QED) is 0.869. The highest BCUT2D eigenvalue weighted by Gasteiger charge is 2.22. The number of piperazine rings is 1. The van der Waals surface area contributed by atoms with Gasteiger partial charge >= 0.3 is 5.97 Å². The van der Waals surface area contributed by atoms with Crippen LogP contribution in [0.1, 0.15) is 17.3 Å². The van der Waals surface area contributed by atoms with Crippen molar-refractivity contribution in [2.24, 2.45) is 0 Å². The molecule has 2 aromatic rings. The number of benzene rings is 1. The average molecular weight is 315 g/mol. The number of carbonyl (C=O) groups is 1. The Balaban J connectivity index is 2.15. The molecular formula is C17H21N3O3. The molecule has 1 aromatic carbocycles. The number of methoxy groups -OCH3 is 1. The first kappa shape index (κ1) is 15.6. The second-order valence-electron chi connectivity index (χ2n) is 5.36. The van der Waals surface area contributed by atoms with Crippen LogP contribution in [0.2, 0.25) is 0 Å². The molecule has 0 spiro atoms. The summed E-state index contributed by atoms with van der Waals surface area (Å²) < 4.78 is 10.5. The number of hydrogen-bond donors (Lipinski definition) is 1. The number of carbonyl (C=O) groups excluding carboxylic acids is 1. The lowest BCUT2D eigenvalue weighted by atomic mass is 10.1. The molecule has 2 heterocycles. The molecule has 0 aliphatic carbocycles. The third-order valence-electron chi connectivity index (χ3n) is 3.98. The van der Waals surface area contributed by atoms with E-state index in [-0.39, 0.29) is 5.97 Å². The van der Waals surface area contributed by atoms with Crippen molar-refractivity contribution in [3.63, 3.8) is 0 Å². The van der Waals surface area contributed by atoms with Gasteiger partial charge in [-0.2, -0.15) is 0 Å². The van der Waals surface area contributed by atoms with Crippen LogP contribution in [0.3, 0.4) is 0 Å². The first-order chi connectivity index (χ1) is 11.2. The normalized spacial score (nSPS) is 14.8. The number of aromatic nitrogens is 1. The standard InChI is InChI=1S/C17H21N3O3/c1-3-23-17(21)14-11-19-15-10-12(22-2)4-5-13(15)16(14)20-8-6-18-7-9-20/h4-5,10-11,18H,3,6-9H2,1-2H3. The zero-order valence-electron chi connectivity index (χ0n) is 13.5. The van der Waals surface area contributed by atoms with Gasteiger partial charge in [-0.1, -0.05) is 0 Å². The minimum Gasteiger partial charge on any atom is -0.497 e. The topological polar surface area (TPSA) is 63.7 Å². The van der Waals surface area contributed by atoms with E-state index in [1.807, 2.05) is 25.1 Å². The van der Waals surface area contributed by atoms with Gasteiger partial charge in [0.2, 0.25) is 0 Å². The molecule has 0 bridgehead atoms. The lowest BCUT2D eigenvalue weighted by molar-refractivity contribution is 0.0526. The van der Waals surface area contributed by atoms with E-state index in [0.717, 1.165) is 48.5 Å². The lowest BCUT2D eigenvalue weighted by Gasteiger charge is -2.31. The second-order valence-corrected chi connectivity index (χ2v) is 5.36.